The van der Waals surface area contributed by atoms with Crippen molar-refractivity contribution in [3.05, 3.63) is 59.2 Å². The Labute approximate surface area is 123 Å². The van der Waals surface area contributed by atoms with Gasteiger partial charge in [0.1, 0.15) is 6.07 Å². The predicted octanol–water partition coefficient (Wildman–Crippen LogP) is 4.60. The molecule has 0 radical (unpaired) electrons. The fourth-order valence-corrected chi connectivity index (χ4v) is 2.63. The molecule has 0 saturated carbocycles. The molecule has 21 heavy (non-hydrogen) atoms. The molecule has 2 nitrogen and oxygen atoms in total. The summed E-state index contributed by atoms with van der Waals surface area (Å²) < 4.78 is 38.0. The SMILES string of the molecule is N#Cc1ccc(C#N)c(Sc2cccc(C(F)(F)F)c2)c1. The quantitative estimate of drug-likeness (QED) is 0.814. The number of nitriles is 2. The minimum atomic E-state index is -4.41. The van der Waals surface area contributed by atoms with Crippen molar-refractivity contribution in [1.29, 1.82) is 10.5 Å². The summed E-state index contributed by atoms with van der Waals surface area (Å²) in [7, 11) is 0. The number of halogens is 3. The summed E-state index contributed by atoms with van der Waals surface area (Å²) >= 11 is 1.02. The highest BCUT2D eigenvalue weighted by Gasteiger charge is 2.30. The van der Waals surface area contributed by atoms with Crippen LogP contribution in [0.3, 0.4) is 0 Å². The van der Waals surface area contributed by atoms with Crippen molar-refractivity contribution in [2.24, 2.45) is 0 Å². The summed E-state index contributed by atoms with van der Waals surface area (Å²) in [4.78, 5) is 0.812. The van der Waals surface area contributed by atoms with Gasteiger partial charge in [-0.05, 0) is 36.4 Å². The third-order valence-electron chi connectivity index (χ3n) is 2.62. The van der Waals surface area contributed by atoms with Gasteiger partial charge >= 0.3 is 6.18 Å². The maximum Gasteiger partial charge on any atom is 0.416 e. The Balaban J connectivity index is 2.39. The van der Waals surface area contributed by atoms with Crippen LogP contribution in [0.1, 0.15) is 16.7 Å². The molecule has 104 valence electrons. The highest BCUT2D eigenvalue weighted by atomic mass is 32.2. The minimum absolute atomic E-state index is 0.316. The molecule has 0 amide bonds. The molecular formula is C15H7F3N2S. The van der Waals surface area contributed by atoms with E-state index in [4.69, 9.17) is 10.5 Å². The van der Waals surface area contributed by atoms with Gasteiger partial charge in [0.15, 0.2) is 0 Å². The molecule has 0 aliphatic rings. The van der Waals surface area contributed by atoms with E-state index in [0.717, 1.165) is 23.9 Å². The molecular weight excluding hydrogens is 297 g/mol. The van der Waals surface area contributed by atoms with Gasteiger partial charge in [-0.3, -0.25) is 0 Å². The number of benzene rings is 2. The summed E-state index contributed by atoms with van der Waals surface area (Å²) in [5.41, 5.74) is -0.0812. The Morgan fingerprint density at radius 3 is 2.33 bits per heavy atom. The van der Waals surface area contributed by atoms with Crippen LogP contribution < -0.4 is 0 Å². The second-order valence-corrected chi connectivity index (χ2v) is 5.18. The minimum Gasteiger partial charge on any atom is -0.192 e. The lowest BCUT2D eigenvalue weighted by atomic mass is 10.2. The van der Waals surface area contributed by atoms with E-state index in [1.54, 1.807) is 0 Å². The van der Waals surface area contributed by atoms with E-state index in [1.807, 2.05) is 12.1 Å². The number of hydrogen-bond donors (Lipinski definition) is 0. The molecule has 0 saturated heterocycles. The lowest BCUT2D eigenvalue weighted by molar-refractivity contribution is -0.137. The molecule has 0 spiro atoms. The first kappa shape index (κ1) is 15.0. The van der Waals surface area contributed by atoms with Gasteiger partial charge in [0.2, 0.25) is 0 Å². The lowest BCUT2D eigenvalue weighted by Gasteiger charge is -2.09. The standard InChI is InChI=1S/C15H7F3N2S/c16-15(17,18)12-2-1-3-13(7-12)21-14-6-10(8-19)4-5-11(14)9-20/h1-7H. The third kappa shape index (κ3) is 3.56. The Morgan fingerprint density at radius 2 is 1.71 bits per heavy atom. The van der Waals surface area contributed by atoms with Crippen LogP contribution in [0.25, 0.3) is 0 Å². The van der Waals surface area contributed by atoms with Gasteiger partial charge in [-0.15, -0.1) is 0 Å². The average Bonchev–Trinajstić information content (AvgIpc) is 2.46. The molecule has 0 aliphatic heterocycles. The van der Waals surface area contributed by atoms with Crippen molar-refractivity contribution < 1.29 is 13.2 Å². The van der Waals surface area contributed by atoms with E-state index in [0.29, 0.717) is 20.9 Å². The fourth-order valence-electron chi connectivity index (χ4n) is 1.63. The van der Waals surface area contributed by atoms with Crippen molar-refractivity contribution in [2.75, 3.05) is 0 Å². The first-order valence-corrected chi connectivity index (χ1v) is 6.55. The van der Waals surface area contributed by atoms with Gasteiger partial charge in [-0.1, -0.05) is 17.8 Å². The van der Waals surface area contributed by atoms with Crippen LogP contribution in [-0.2, 0) is 6.18 Å². The van der Waals surface area contributed by atoms with Gasteiger partial charge in [-0.2, -0.15) is 23.7 Å². The molecule has 0 N–H and O–H groups in total. The van der Waals surface area contributed by atoms with Crippen molar-refractivity contribution in [2.45, 2.75) is 16.0 Å². The van der Waals surface area contributed by atoms with Gasteiger partial charge in [0.25, 0.3) is 0 Å². The van der Waals surface area contributed by atoms with Crippen LogP contribution in [-0.4, -0.2) is 0 Å². The molecule has 2 rings (SSSR count). The van der Waals surface area contributed by atoms with Crippen molar-refractivity contribution in [1.82, 2.24) is 0 Å². The highest BCUT2D eigenvalue weighted by molar-refractivity contribution is 7.99. The first-order valence-electron chi connectivity index (χ1n) is 5.73. The van der Waals surface area contributed by atoms with Crippen LogP contribution in [0.2, 0.25) is 0 Å². The Kier molecular flexibility index (Phi) is 4.21. The zero-order chi connectivity index (χ0) is 15.5. The van der Waals surface area contributed by atoms with Gasteiger partial charge in [0.05, 0.1) is 22.8 Å². The van der Waals surface area contributed by atoms with Crippen LogP contribution in [0.4, 0.5) is 13.2 Å². The summed E-state index contributed by atoms with van der Waals surface area (Å²) in [6.45, 7) is 0. The predicted molar refractivity (Wildman–Crippen MR) is 71.4 cm³/mol. The Bertz CT molecular complexity index is 755. The van der Waals surface area contributed by atoms with E-state index in [-0.39, 0.29) is 0 Å². The Morgan fingerprint density at radius 1 is 0.952 bits per heavy atom. The van der Waals surface area contributed by atoms with Crippen LogP contribution >= 0.6 is 11.8 Å². The van der Waals surface area contributed by atoms with E-state index in [2.05, 4.69) is 0 Å². The number of alkyl halides is 3. The summed E-state index contributed by atoms with van der Waals surface area (Å²) in [5.74, 6) is 0. The third-order valence-corrected chi connectivity index (χ3v) is 3.67. The fraction of sp³-hybridized carbons (Fsp3) is 0.0667. The highest BCUT2D eigenvalue weighted by Crippen LogP contribution is 2.35. The second kappa shape index (κ2) is 5.90. The number of hydrogen-bond acceptors (Lipinski definition) is 3. The van der Waals surface area contributed by atoms with Gasteiger partial charge in [0, 0.05) is 9.79 Å². The van der Waals surface area contributed by atoms with E-state index < -0.39 is 11.7 Å². The summed E-state index contributed by atoms with van der Waals surface area (Å²) in [5, 5.41) is 17.9. The van der Waals surface area contributed by atoms with Gasteiger partial charge < -0.3 is 0 Å². The van der Waals surface area contributed by atoms with Crippen LogP contribution in [0.15, 0.2) is 52.3 Å². The van der Waals surface area contributed by atoms with Crippen molar-refractivity contribution in [3.63, 3.8) is 0 Å². The molecule has 0 unspecified atom stereocenters. The zero-order valence-electron chi connectivity index (χ0n) is 10.5. The molecule has 2 aromatic rings. The molecule has 0 aromatic heterocycles. The smallest absolute Gasteiger partial charge is 0.192 e. The number of rotatable bonds is 2. The van der Waals surface area contributed by atoms with E-state index >= 15 is 0 Å². The van der Waals surface area contributed by atoms with Crippen molar-refractivity contribution >= 4 is 11.8 Å². The molecule has 0 fully saturated rings. The lowest BCUT2D eigenvalue weighted by Crippen LogP contribution is -2.04. The molecule has 0 bridgehead atoms. The maximum absolute atomic E-state index is 12.7. The normalized spacial score (nSPS) is 10.7. The first-order chi connectivity index (χ1) is 9.94. The van der Waals surface area contributed by atoms with Crippen LogP contribution in [0, 0.1) is 22.7 Å². The zero-order valence-corrected chi connectivity index (χ0v) is 11.3. The van der Waals surface area contributed by atoms with Gasteiger partial charge in [-0.25, -0.2) is 0 Å². The molecule has 0 heterocycles. The maximum atomic E-state index is 12.7. The monoisotopic (exact) mass is 304 g/mol. The summed E-state index contributed by atoms with van der Waals surface area (Å²) in [6.07, 6.45) is -4.41. The second-order valence-electron chi connectivity index (χ2n) is 4.06. The average molecular weight is 304 g/mol. The number of nitrogens with zero attached hydrogens (tertiary/aromatic N) is 2. The topological polar surface area (TPSA) is 47.6 Å². The largest absolute Gasteiger partial charge is 0.416 e. The van der Waals surface area contributed by atoms with Crippen LogP contribution in [0.5, 0.6) is 0 Å². The molecule has 6 heteroatoms. The molecule has 2 aromatic carbocycles. The molecule has 0 aliphatic carbocycles. The summed E-state index contributed by atoms with van der Waals surface area (Å²) in [6, 6.07) is 13.2. The van der Waals surface area contributed by atoms with E-state index in [1.165, 1.54) is 30.3 Å². The molecule has 0 atom stereocenters. The Hall–Kier alpha value is -2.44. The van der Waals surface area contributed by atoms with E-state index in [9.17, 15) is 13.2 Å². The van der Waals surface area contributed by atoms with Crippen molar-refractivity contribution in [3.8, 4) is 12.1 Å².